The fraction of sp³-hybridized carbons (Fsp3) is 0.0556. The number of ketones is 1. The minimum atomic E-state index is -2.89. The molecule has 0 atom stereocenters. The number of nitrogens with one attached hydrogen (secondary N) is 1. The Labute approximate surface area is 149 Å². The van der Waals surface area contributed by atoms with Crippen molar-refractivity contribution in [2.24, 2.45) is 0 Å². The summed E-state index contributed by atoms with van der Waals surface area (Å²) in [6.07, 6.45) is 5.97. The van der Waals surface area contributed by atoms with Crippen LogP contribution in [0, 0.1) is 0 Å². The largest absolute Gasteiger partial charge is 0.435 e. The van der Waals surface area contributed by atoms with Gasteiger partial charge in [-0.3, -0.25) is 14.6 Å². The number of Topliss-reactive ketones (excluding diaryl/α,β-unsaturated/α-hetero) is 1. The summed E-state index contributed by atoms with van der Waals surface area (Å²) in [7, 11) is 0. The summed E-state index contributed by atoms with van der Waals surface area (Å²) in [6.45, 7) is -2.89. The summed E-state index contributed by atoms with van der Waals surface area (Å²) in [5.41, 5.74) is 0.775. The first-order valence-corrected chi connectivity index (χ1v) is 8.25. The zero-order chi connectivity index (χ0) is 18.5. The topological polar surface area (TPSA) is 72.0 Å². The van der Waals surface area contributed by atoms with Crippen LogP contribution in [0.3, 0.4) is 0 Å². The molecule has 3 rings (SSSR count). The summed E-state index contributed by atoms with van der Waals surface area (Å²) < 4.78 is 29.4. The molecule has 5 nitrogen and oxygen atoms in total. The van der Waals surface area contributed by atoms with Gasteiger partial charge in [-0.05, 0) is 35.9 Å². The molecule has 26 heavy (non-hydrogen) atoms. The summed E-state index contributed by atoms with van der Waals surface area (Å²) in [4.78, 5) is 30.6. The van der Waals surface area contributed by atoms with Crippen LogP contribution in [0.5, 0.6) is 5.75 Å². The molecule has 0 saturated carbocycles. The third-order valence-electron chi connectivity index (χ3n) is 3.31. The first-order valence-electron chi connectivity index (χ1n) is 7.43. The number of aromatic amines is 1. The number of hydrogen-bond acceptors (Lipinski definition) is 5. The van der Waals surface area contributed by atoms with Gasteiger partial charge in [0.15, 0.2) is 5.78 Å². The van der Waals surface area contributed by atoms with Gasteiger partial charge in [0, 0.05) is 24.0 Å². The van der Waals surface area contributed by atoms with E-state index in [1.54, 1.807) is 30.3 Å². The van der Waals surface area contributed by atoms with Crippen molar-refractivity contribution >= 4 is 29.3 Å². The molecule has 2 aromatic heterocycles. The summed E-state index contributed by atoms with van der Waals surface area (Å²) in [5, 5.41) is 0. The first-order chi connectivity index (χ1) is 12.5. The Morgan fingerprint density at radius 2 is 1.85 bits per heavy atom. The second-order valence-corrected chi connectivity index (χ2v) is 6.20. The van der Waals surface area contributed by atoms with Gasteiger partial charge >= 0.3 is 6.61 Å². The molecule has 132 valence electrons. The quantitative estimate of drug-likeness (QED) is 0.693. The van der Waals surface area contributed by atoms with Gasteiger partial charge in [-0.15, -0.1) is 11.3 Å². The van der Waals surface area contributed by atoms with Crippen molar-refractivity contribution in [3.05, 3.63) is 79.5 Å². The number of H-pyrrole nitrogens is 1. The maximum absolute atomic E-state index is 12.1. The third-order valence-corrected chi connectivity index (χ3v) is 4.27. The predicted octanol–water partition coefficient (Wildman–Crippen LogP) is 1.92. The number of aromatic nitrogens is 2. The van der Waals surface area contributed by atoms with E-state index in [1.165, 1.54) is 30.6 Å². The van der Waals surface area contributed by atoms with E-state index in [9.17, 15) is 18.4 Å². The molecule has 0 fully saturated rings. The van der Waals surface area contributed by atoms with Gasteiger partial charge in [-0.1, -0.05) is 12.1 Å². The van der Waals surface area contributed by atoms with E-state index in [0.717, 1.165) is 11.3 Å². The molecule has 0 unspecified atom stereocenters. The Bertz CT molecular complexity index is 1070. The second-order valence-electron chi connectivity index (χ2n) is 5.12. The number of thiazole rings is 1. The maximum Gasteiger partial charge on any atom is 0.387 e. The Morgan fingerprint density at radius 1 is 1.15 bits per heavy atom. The van der Waals surface area contributed by atoms with Gasteiger partial charge in [-0.2, -0.15) is 8.78 Å². The first kappa shape index (κ1) is 17.7. The van der Waals surface area contributed by atoms with Crippen molar-refractivity contribution in [3.63, 3.8) is 0 Å². The van der Waals surface area contributed by atoms with Crippen LogP contribution in [-0.4, -0.2) is 22.4 Å². The molecule has 0 bridgehead atoms. The van der Waals surface area contributed by atoms with Crippen molar-refractivity contribution in [1.29, 1.82) is 0 Å². The Balaban J connectivity index is 1.88. The number of alkyl halides is 2. The molecular weight excluding hydrogens is 362 g/mol. The van der Waals surface area contributed by atoms with Crippen molar-refractivity contribution in [3.8, 4) is 5.75 Å². The lowest BCUT2D eigenvalue weighted by Crippen LogP contribution is -2.20. The molecule has 0 aliphatic rings. The fourth-order valence-corrected chi connectivity index (χ4v) is 3.03. The predicted molar refractivity (Wildman–Crippen MR) is 93.9 cm³/mol. The Kier molecular flexibility index (Phi) is 5.33. The van der Waals surface area contributed by atoms with Crippen molar-refractivity contribution < 1.29 is 18.3 Å². The summed E-state index contributed by atoms with van der Waals surface area (Å²) >= 11 is 1.13. The van der Waals surface area contributed by atoms with Crippen molar-refractivity contribution in [2.75, 3.05) is 0 Å². The third kappa shape index (κ3) is 4.48. The molecule has 0 aliphatic carbocycles. The monoisotopic (exact) mass is 374 g/mol. The lowest BCUT2D eigenvalue weighted by molar-refractivity contribution is -0.0498. The molecule has 0 saturated heterocycles. The number of pyridine rings is 1. The molecule has 1 aromatic carbocycles. The van der Waals surface area contributed by atoms with Crippen LogP contribution >= 0.6 is 11.3 Å². The standard InChI is InChI=1S/C18H12F2N2O3S/c19-18(20)25-13-3-1-11(2-4-13)9-15-17(24)22-16(26-15)10-14(23)12-5-7-21-8-6-12/h1-10,18H,(H,22,24)/b15-9-,16-10-. The van der Waals surface area contributed by atoms with Gasteiger partial charge in [0.1, 0.15) is 5.75 Å². The molecular formula is C18H12F2N2O3S. The maximum atomic E-state index is 12.1. The van der Waals surface area contributed by atoms with Crippen LogP contribution in [0.15, 0.2) is 53.6 Å². The number of hydrogen-bond donors (Lipinski definition) is 1. The molecule has 0 radical (unpaired) electrons. The van der Waals surface area contributed by atoms with Crippen LogP contribution in [0.25, 0.3) is 12.2 Å². The SMILES string of the molecule is O=C(/C=c1/[nH]c(=O)/c(=C/c2ccc(OC(F)F)cc2)s1)c1ccncc1. The fourth-order valence-electron chi connectivity index (χ4n) is 2.14. The van der Waals surface area contributed by atoms with E-state index in [0.29, 0.717) is 20.3 Å². The van der Waals surface area contributed by atoms with E-state index in [2.05, 4.69) is 14.7 Å². The van der Waals surface area contributed by atoms with E-state index in [1.807, 2.05) is 0 Å². The Hall–Kier alpha value is -3.13. The zero-order valence-electron chi connectivity index (χ0n) is 13.2. The van der Waals surface area contributed by atoms with E-state index < -0.39 is 6.61 Å². The minimum Gasteiger partial charge on any atom is -0.435 e. The van der Waals surface area contributed by atoms with Gasteiger partial charge in [0.25, 0.3) is 5.56 Å². The number of halogens is 2. The van der Waals surface area contributed by atoms with Crippen LogP contribution in [0.4, 0.5) is 8.78 Å². The van der Waals surface area contributed by atoms with E-state index in [4.69, 9.17) is 0 Å². The summed E-state index contributed by atoms with van der Waals surface area (Å²) in [6, 6.07) is 9.06. The van der Waals surface area contributed by atoms with Crippen molar-refractivity contribution in [2.45, 2.75) is 6.61 Å². The van der Waals surface area contributed by atoms with Crippen LogP contribution in [-0.2, 0) is 0 Å². The minimum absolute atomic E-state index is 0.0363. The highest BCUT2D eigenvalue weighted by Gasteiger charge is 2.04. The van der Waals surface area contributed by atoms with Crippen LogP contribution in [0.2, 0.25) is 0 Å². The van der Waals surface area contributed by atoms with Crippen LogP contribution < -0.4 is 19.5 Å². The van der Waals surface area contributed by atoms with Crippen molar-refractivity contribution in [1.82, 2.24) is 9.97 Å². The molecule has 3 aromatic rings. The number of carbonyl (C=O) groups is 1. The molecule has 0 spiro atoms. The lowest BCUT2D eigenvalue weighted by atomic mass is 10.2. The zero-order valence-corrected chi connectivity index (χ0v) is 14.0. The van der Waals surface area contributed by atoms with Gasteiger partial charge in [0.2, 0.25) is 0 Å². The van der Waals surface area contributed by atoms with Crippen LogP contribution in [0.1, 0.15) is 15.9 Å². The number of ether oxygens (including phenoxy) is 1. The highest BCUT2D eigenvalue weighted by atomic mass is 32.1. The summed E-state index contributed by atoms with van der Waals surface area (Å²) in [5.74, 6) is -0.209. The normalized spacial score (nSPS) is 12.6. The van der Waals surface area contributed by atoms with Gasteiger partial charge < -0.3 is 9.72 Å². The number of carbonyl (C=O) groups excluding carboxylic acids is 1. The highest BCUT2D eigenvalue weighted by Crippen LogP contribution is 2.15. The molecule has 2 heterocycles. The average molecular weight is 374 g/mol. The van der Waals surface area contributed by atoms with E-state index >= 15 is 0 Å². The lowest BCUT2D eigenvalue weighted by Gasteiger charge is -2.03. The molecule has 8 heteroatoms. The number of rotatable bonds is 5. The highest BCUT2D eigenvalue weighted by molar-refractivity contribution is 7.07. The van der Waals surface area contributed by atoms with Gasteiger partial charge in [0.05, 0.1) is 9.20 Å². The smallest absolute Gasteiger partial charge is 0.387 e. The average Bonchev–Trinajstić information content (AvgIpc) is 2.96. The number of nitrogens with zero attached hydrogens (tertiary/aromatic N) is 1. The molecule has 0 aliphatic heterocycles. The second kappa shape index (κ2) is 7.83. The van der Waals surface area contributed by atoms with E-state index in [-0.39, 0.29) is 17.1 Å². The molecule has 1 N–H and O–H groups in total. The number of benzene rings is 1. The molecule has 0 amide bonds. The Morgan fingerprint density at radius 3 is 2.50 bits per heavy atom. The van der Waals surface area contributed by atoms with Gasteiger partial charge in [-0.25, -0.2) is 0 Å².